The molecule has 0 N–H and O–H groups in total. The van der Waals surface area contributed by atoms with Crippen LogP contribution >= 0.6 is 0 Å². The standard InChI is InChI=1S/C23H30O3/c1-16(2)20-12-14-23(3)13-11-17(5-10-21(20)23)15-26-22(24)18-6-8-19(25-4)9-7-18/h6-9,11,16H,5,10,12-15H2,1-4H3/t23-/m0/s1. The van der Waals surface area contributed by atoms with E-state index in [1.165, 1.54) is 18.4 Å². The molecule has 0 saturated carbocycles. The summed E-state index contributed by atoms with van der Waals surface area (Å²) in [4.78, 5) is 12.3. The van der Waals surface area contributed by atoms with Gasteiger partial charge in [-0.15, -0.1) is 0 Å². The first-order valence-electron chi connectivity index (χ1n) is 9.64. The maximum atomic E-state index is 12.3. The van der Waals surface area contributed by atoms with Gasteiger partial charge in [-0.05, 0) is 73.3 Å². The maximum absolute atomic E-state index is 12.3. The first-order valence-corrected chi connectivity index (χ1v) is 9.64. The summed E-state index contributed by atoms with van der Waals surface area (Å²) in [6.07, 6.45) is 7.99. The number of hydrogen-bond acceptors (Lipinski definition) is 3. The van der Waals surface area contributed by atoms with Gasteiger partial charge in [-0.3, -0.25) is 0 Å². The van der Waals surface area contributed by atoms with E-state index in [1.54, 1.807) is 42.5 Å². The molecule has 3 nitrogen and oxygen atoms in total. The lowest BCUT2D eigenvalue weighted by Gasteiger charge is -2.26. The highest BCUT2D eigenvalue weighted by molar-refractivity contribution is 5.89. The van der Waals surface area contributed by atoms with E-state index in [4.69, 9.17) is 9.47 Å². The van der Waals surface area contributed by atoms with E-state index in [1.807, 2.05) is 0 Å². The second-order valence-electron chi connectivity index (χ2n) is 8.09. The molecule has 140 valence electrons. The van der Waals surface area contributed by atoms with E-state index in [-0.39, 0.29) is 5.97 Å². The number of fused-ring (bicyclic) bond motifs is 1. The fourth-order valence-corrected chi connectivity index (χ4v) is 4.28. The molecule has 0 bridgehead atoms. The minimum absolute atomic E-state index is 0.272. The van der Waals surface area contributed by atoms with Crippen LogP contribution in [0.1, 0.15) is 63.2 Å². The molecule has 0 aliphatic heterocycles. The van der Waals surface area contributed by atoms with Gasteiger partial charge >= 0.3 is 5.97 Å². The third kappa shape index (κ3) is 3.87. The summed E-state index contributed by atoms with van der Waals surface area (Å²) in [5.41, 5.74) is 5.45. The normalized spacial score (nSPS) is 22.7. The Morgan fingerprint density at radius 2 is 1.88 bits per heavy atom. The van der Waals surface area contributed by atoms with Gasteiger partial charge < -0.3 is 9.47 Å². The molecular formula is C23H30O3. The average Bonchev–Trinajstić information content (AvgIpc) is 2.89. The molecule has 1 atom stereocenters. The van der Waals surface area contributed by atoms with Crippen molar-refractivity contribution in [2.45, 2.75) is 52.9 Å². The topological polar surface area (TPSA) is 35.5 Å². The van der Waals surface area contributed by atoms with Gasteiger partial charge in [-0.25, -0.2) is 4.79 Å². The number of hydrogen-bond donors (Lipinski definition) is 0. The van der Waals surface area contributed by atoms with E-state index < -0.39 is 0 Å². The van der Waals surface area contributed by atoms with Gasteiger partial charge in [0.15, 0.2) is 0 Å². The minimum atomic E-state index is -0.272. The number of ether oxygens (including phenoxy) is 2. The number of carbonyl (C=O) groups excluding carboxylic acids is 1. The molecule has 1 aromatic carbocycles. The molecule has 0 heterocycles. The summed E-state index contributed by atoms with van der Waals surface area (Å²) >= 11 is 0. The van der Waals surface area contributed by atoms with Crippen LogP contribution in [0.3, 0.4) is 0 Å². The molecule has 3 heteroatoms. The Labute approximate surface area is 157 Å². The summed E-state index contributed by atoms with van der Waals surface area (Å²) in [6.45, 7) is 7.42. The van der Waals surface area contributed by atoms with Gasteiger partial charge in [0.05, 0.1) is 12.7 Å². The molecule has 0 amide bonds. The van der Waals surface area contributed by atoms with Crippen LogP contribution in [0.15, 0.2) is 47.1 Å². The van der Waals surface area contributed by atoms with Crippen LogP contribution in [0.5, 0.6) is 5.75 Å². The third-order valence-corrected chi connectivity index (χ3v) is 6.01. The predicted molar refractivity (Wildman–Crippen MR) is 104 cm³/mol. The Morgan fingerprint density at radius 1 is 1.15 bits per heavy atom. The second kappa shape index (κ2) is 7.69. The first-order chi connectivity index (χ1) is 12.4. The van der Waals surface area contributed by atoms with Crippen molar-refractivity contribution in [2.24, 2.45) is 11.3 Å². The monoisotopic (exact) mass is 354 g/mol. The van der Waals surface area contributed by atoms with Crippen molar-refractivity contribution in [3.05, 3.63) is 52.6 Å². The lowest BCUT2D eigenvalue weighted by atomic mass is 9.79. The molecule has 0 aromatic heterocycles. The van der Waals surface area contributed by atoms with Crippen LogP contribution in [0.25, 0.3) is 0 Å². The van der Waals surface area contributed by atoms with Gasteiger partial charge in [-0.2, -0.15) is 0 Å². The highest BCUT2D eigenvalue weighted by atomic mass is 16.5. The number of esters is 1. The molecule has 0 saturated heterocycles. The zero-order valence-electron chi connectivity index (χ0n) is 16.4. The molecule has 2 aliphatic rings. The smallest absolute Gasteiger partial charge is 0.338 e. The summed E-state index contributed by atoms with van der Waals surface area (Å²) < 4.78 is 10.7. The molecule has 1 aromatic rings. The molecule has 0 spiro atoms. The molecule has 3 rings (SSSR count). The van der Waals surface area contributed by atoms with Crippen molar-refractivity contribution < 1.29 is 14.3 Å². The number of carbonyl (C=O) groups is 1. The van der Waals surface area contributed by atoms with Crippen molar-refractivity contribution in [2.75, 3.05) is 13.7 Å². The summed E-state index contributed by atoms with van der Waals surface area (Å²) in [7, 11) is 1.61. The highest BCUT2D eigenvalue weighted by Crippen LogP contribution is 2.51. The Bertz CT molecular complexity index is 724. The lowest BCUT2D eigenvalue weighted by molar-refractivity contribution is 0.0537. The molecule has 0 radical (unpaired) electrons. The molecule has 2 aliphatic carbocycles. The van der Waals surface area contributed by atoms with Crippen molar-refractivity contribution >= 4 is 5.97 Å². The first kappa shape index (κ1) is 18.8. The van der Waals surface area contributed by atoms with Crippen LogP contribution in [0.4, 0.5) is 0 Å². The Hall–Kier alpha value is -2.03. The van der Waals surface area contributed by atoms with Crippen LogP contribution in [-0.4, -0.2) is 19.7 Å². The van der Waals surface area contributed by atoms with E-state index in [9.17, 15) is 4.79 Å². The number of rotatable bonds is 5. The third-order valence-electron chi connectivity index (χ3n) is 6.01. The number of methoxy groups -OCH3 is 1. The van der Waals surface area contributed by atoms with Crippen molar-refractivity contribution in [3.8, 4) is 5.75 Å². The van der Waals surface area contributed by atoms with Gasteiger partial charge in [-0.1, -0.05) is 38.0 Å². The van der Waals surface area contributed by atoms with Crippen LogP contribution in [0.2, 0.25) is 0 Å². The molecule has 0 unspecified atom stereocenters. The van der Waals surface area contributed by atoms with Crippen molar-refractivity contribution in [1.82, 2.24) is 0 Å². The minimum Gasteiger partial charge on any atom is -0.497 e. The quantitative estimate of drug-likeness (QED) is 0.501. The fraction of sp³-hybridized carbons (Fsp3) is 0.522. The fourth-order valence-electron chi connectivity index (χ4n) is 4.28. The highest BCUT2D eigenvalue weighted by Gasteiger charge is 2.37. The maximum Gasteiger partial charge on any atom is 0.338 e. The Morgan fingerprint density at radius 3 is 2.54 bits per heavy atom. The summed E-state index contributed by atoms with van der Waals surface area (Å²) in [5, 5.41) is 0. The number of allylic oxidation sites excluding steroid dienone is 3. The molecular weight excluding hydrogens is 324 g/mol. The van der Waals surface area contributed by atoms with Gasteiger partial charge in [0.2, 0.25) is 0 Å². The molecule has 0 fully saturated rings. The summed E-state index contributed by atoms with van der Waals surface area (Å²) in [6, 6.07) is 7.05. The Balaban J connectivity index is 1.62. The van der Waals surface area contributed by atoms with Gasteiger partial charge in [0.25, 0.3) is 0 Å². The zero-order chi connectivity index (χ0) is 18.7. The van der Waals surface area contributed by atoms with Gasteiger partial charge in [0, 0.05) is 0 Å². The van der Waals surface area contributed by atoms with Crippen molar-refractivity contribution in [1.29, 1.82) is 0 Å². The Kier molecular flexibility index (Phi) is 5.55. The zero-order valence-corrected chi connectivity index (χ0v) is 16.4. The van der Waals surface area contributed by atoms with Crippen molar-refractivity contribution in [3.63, 3.8) is 0 Å². The SMILES string of the molecule is COc1ccc(C(=O)OCC2=CC[C@@]3(C)CCC(C(C)C)=C3CC2)cc1. The predicted octanol–water partition coefficient (Wildman–Crippen LogP) is 5.72. The van der Waals surface area contributed by atoms with E-state index in [2.05, 4.69) is 26.8 Å². The van der Waals surface area contributed by atoms with E-state index >= 15 is 0 Å². The van der Waals surface area contributed by atoms with Crippen LogP contribution in [0, 0.1) is 11.3 Å². The van der Waals surface area contributed by atoms with E-state index in [0.29, 0.717) is 23.5 Å². The lowest BCUT2D eigenvalue weighted by Crippen LogP contribution is -2.14. The largest absolute Gasteiger partial charge is 0.497 e. The average molecular weight is 354 g/mol. The van der Waals surface area contributed by atoms with Gasteiger partial charge in [0.1, 0.15) is 12.4 Å². The van der Waals surface area contributed by atoms with E-state index in [0.717, 1.165) is 25.0 Å². The second-order valence-corrected chi connectivity index (χ2v) is 8.09. The summed E-state index contributed by atoms with van der Waals surface area (Å²) in [5.74, 6) is 1.11. The van der Waals surface area contributed by atoms with Crippen LogP contribution < -0.4 is 4.74 Å². The molecule has 26 heavy (non-hydrogen) atoms. The number of benzene rings is 1. The van der Waals surface area contributed by atoms with Crippen LogP contribution in [-0.2, 0) is 4.74 Å².